The van der Waals surface area contributed by atoms with E-state index in [2.05, 4.69) is 10.1 Å². The Kier molecular flexibility index (Phi) is 4.65. The van der Waals surface area contributed by atoms with Crippen LogP contribution in [0.25, 0.3) is 0 Å². The van der Waals surface area contributed by atoms with Gasteiger partial charge in [-0.3, -0.25) is 10.1 Å². The molecule has 0 amide bonds. The van der Waals surface area contributed by atoms with E-state index in [1.54, 1.807) is 30.3 Å². The third-order valence-electron chi connectivity index (χ3n) is 2.73. The quantitative estimate of drug-likeness (QED) is 0.650. The van der Waals surface area contributed by atoms with E-state index in [0.717, 1.165) is 5.56 Å². The average molecular weight is 294 g/mol. The van der Waals surface area contributed by atoms with E-state index < -0.39 is 11.5 Å². The van der Waals surface area contributed by atoms with E-state index in [1.165, 1.54) is 18.2 Å². The summed E-state index contributed by atoms with van der Waals surface area (Å²) < 4.78 is 28.9. The molecule has 0 bridgehead atoms. The molecule has 1 N–H and O–H groups in total. The molecule has 0 fully saturated rings. The lowest BCUT2D eigenvalue weighted by molar-refractivity contribution is -0.384. The number of nitrogens with one attached hydrogen (secondary N) is 1. The summed E-state index contributed by atoms with van der Waals surface area (Å²) >= 11 is 0. The minimum Gasteiger partial charge on any atom is -0.433 e. The van der Waals surface area contributed by atoms with Crippen LogP contribution in [0.4, 0.5) is 20.2 Å². The van der Waals surface area contributed by atoms with E-state index in [9.17, 15) is 18.9 Å². The van der Waals surface area contributed by atoms with Gasteiger partial charge in [-0.25, -0.2) is 0 Å². The Labute approximate surface area is 119 Å². The topological polar surface area (TPSA) is 64.4 Å². The summed E-state index contributed by atoms with van der Waals surface area (Å²) in [7, 11) is 0. The Bertz CT molecular complexity index is 618. The highest BCUT2D eigenvalue weighted by atomic mass is 19.3. The van der Waals surface area contributed by atoms with Crippen LogP contribution in [0.5, 0.6) is 5.75 Å². The molecule has 2 rings (SSSR count). The fourth-order valence-electron chi connectivity index (χ4n) is 1.74. The Morgan fingerprint density at radius 2 is 1.81 bits per heavy atom. The first-order valence-corrected chi connectivity index (χ1v) is 6.07. The van der Waals surface area contributed by atoms with Crippen molar-refractivity contribution >= 4 is 11.4 Å². The zero-order valence-electron chi connectivity index (χ0n) is 10.8. The molecule has 0 saturated heterocycles. The fourth-order valence-corrected chi connectivity index (χ4v) is 1.74. The molecule has 0 aromatic heterocycles. The van der Waals surface area contributed by atoms with Gasteiger partial charge in [-0.2, -0.15) is 8.78 Å². The number of nitrogens with zero attached hydrogens (tertiary/aromatic N) is 1. The molecule has 0 aliphatic heterocycles. The lowest BCUT2D eigenvalue weighted by Crippen LogP contribution is -2.06. The monoisotopic (exact) mass is 294 g/mol. The Morgan fingerprint density at radius 1 is 1.14 bits per heavy atom. The molecule has 5 nitrogen and oxygen atoms in total. The first kappa shape index (κ1) is 14.7. The van der Waals surface area contributed by atoms with Crippen molar-refractivity contribution in [2.45, 2.75) is 13.2 Å². The van der Waals surface area contributed by atoms with Crippen molar-refractivity contribution in [3.8, 4) is 5.75 Å². The van der Waals surface area contributed by atoms with Crippen molar-refractivity contribution in [1.82, 2.24) is 0 Å². The predicted molar refractivity (Wildman–Crippen MR) is 73.5 cm³/mol. The normalized spacial score (nSPS) is 10.4. The Balaban J connectivity index is 2.04. The van der Waals surface area contributed by atoms with Gasteiger partial charge in [-0.05, 0) is 17.7 Å². The number of hydrogen-bond donors (Lipinski definition) is 1. The second-order valence-corrected chi connectivity index (χ2v) is 4.15. The molecule has 0 radical (unpaired) electrons. The van der Waals surface area contributed by atoms with Crippen LogP contribution < -0.4 is 10.1 Å². The highest BCUT2D eigenvalue weighted by Crippen LogP contribution is 2.26. The maximum absolute atomic E-state index is 12.3. The number of rotatable bonds is 6. The van der Waals surface area contributed by atoms with Gasteiger partial charge in [-0.1, -0.05) is 24.3 Å². The number of alkyl halides is 2. The molecule has 0 saturated carbocycles. The summed E-state index contributed by atoms with van der Waals surface area (Å²) in [5, 5.41) is 13.5. The highest BCUT2D eigenvalue weighted by Gasteiger charge is 2.09. The number of anilines is 1. The minimum atomic E-state index is -2.90. The summed E-state index contributed by atoms with van der Waals surface area (Å²) in [5.74, 6) is 0.0504. The number of nitro benzene ring substituents is 1. The van der Waals surface area contributed by atoms with Gasteiger partial charge in [0.05, 0.1) is 10.6 Å². The SMILES string of the molecule is O=[N+]([O-])c1ccc(CNc2ccccc2OC(F)F)cc1. The van der Waals surface area contributed by atoms with Crippen LogP contribution >= 0.6 is 0 Å². The second kappa shape index (κ2) is 6.65. The van der Waals surface area contributed by atoms with Crippen LogP contribution in [0.1, 0.15) is 5.56 Å². The van der Waals surface area contributed by atoms with Gasteiger partial charge in [0, 0.05) is 18.7 Å². The molecule has 0 spiro atoms. The minimum absolute atomic E-state index is 0.000170. The fraction of sp³-hybridized carbons (Fsp3) is 0.143. The summed E-state index contributed by atoms with van der Waals surface area (Å²) in [6.07, 6.45) is 0. The summed E-state index contributed by atoms with van der Waals surface area (Å²) in [6.45, 7) is -2.56. The van der Waals surface area contributed by atoms with E-state index in [0.29, 0.717) is 12.2 Å². The molecule has 7 heteroatoms. The molecule has 0 aliphatic rings. The number of halogens is 2. The molecule has 2 aromatic rings. The van der Waals surface area contributed by atoms with Crippen molar-refractivity contribution < 1.29 is 18.4 Å². The number of nitro groups is 1. The first-order chi connectivity index (χ1) is 10.1. The third kappa shape index (κ3) is 4.13. The molecular weight excluding hydrogens is 282 g/mol. The molecule has 0 atom stereocenters. The molecule has 110 valence electrons. The summed E-state index contributed by atoms with van der Waals surface area (Å²) in [4.78, 5) is 10.1. The van der Waals surface area contributed by atoms with Crippen LogP contribution in [0.3, 0.4) is 0 Å². The number of para-hydroxylation sites is 2. The predicted octanol–water partition coefficient (Wildman–Crippen LogP) is 3.81. The van der Waals surface area contributed by atoms with Gasteiger partial charge >= 0.3 is 6.61 Å². The second-order valence-electron chi connectivity index (χ2n) is 4.15. The Morgan fingerprint density at radius 3 is 2.43 bits per heavy atom. The number of hydrogen-bond acceptors (Lipinski definition) is 4. The van der Waals surface area contributed by atoms with E-state index >= 15 is 0 Å². The summed E-state index contributed by atoms with van der Waals surface area (Å²) in [5.41, 5.74) is 1.21. The Hall–Kier alpha value is -2.70. The largest absolute Gasteiger partial charge is 0.433 e. The van der Waals surface area contributed by atoms with Crippen LogP contribution in [0, 0.1) is 10.1 Å². The van der Waals surface area contributed by atoms with Crippen LogP contribution in [-0.4, -0.2) is 11.5 Å². The standard InChI is InChI=1S/C14H12F2N2O3/c15-14(16)21-13-4-2-1-3-12(13)17-9-10-5-7-11(8-6-10)18(19)20/h1-8,14,17H,9H2. The molecule has 2 aromatic carbocycles. The zero-order chi connectivity index (χ0) is 15.2. The van der Waals surface area contributed by atoms with Crippen molar-refractivity contribution in [2.75, 3.05) is 5.32 Å². The first-order valence-electron chi connectivity index (χ1n) is 6.07. The van der Waals surface area contributed by atoms with Crippen LogP contribution in [-0.2, 0) is 6.54 Å². The van der Waals surface area contributed by atoms with Gasteiger partial charge in [0.1, 0.15) is 5.75 Å². The maximum atomic E-state index is 12.3. The van der Waals surface area contributed by atoms with Crippen molar-refractivity contribution in [2.24, 2.45) is 0 Å². The van der Waals surface area contributed by atoms with Gasteiger partial charge in [0.2, 0.25) is 0 Å². The molecule has 21 heavy (non-hydrogen) atoms. The zero-order valence-corrected chi connectivity index (χ0v) is 10.8. The van der Waals surface area contributed by atoms with Gasteiger partial charge in [0.25, 0.3) is 5.69 Å². The third-order valence-corrected chi connectivity index (χ3v) is 2.73. The number of benzene rings is 2. The maximum Gasteiger partial charge on any atom is 0.387 e. The lowest BCUT2D eigenvalue weighted by Gasteiger charge is -2.12. The lowest BCUT2D eigenvalue weighted by atomic mass is 10.2. The van der Waals surface area contributed by atoms with Gasteiger partial charge in [-0.15, -0.1) is 0 Å². The molecule has 0 unspecified atom stereocenters. The molecule has 0 heterocycles. The average Bonchev–Trinajstić information content (AvgIpc) is 2.46. The number of non-ortho nitro benzene ring substituents is 1. The number of ether oxygens (including phenoxy) is 1. The van der Waals surface area contributed by atoms with Crippen LogP contribution in [0.15, 0.2) is 48.5 Å². The molecular formula is C14H12F2N2O3. The molecule has 0 aliphatic carbocycles. The highest BCUT2D eigenvalue weighted by molar-refractivity contribution is 5.56. The van der Waals surface area contributed by atoms with Crippen LogP contribution in [0.2, 0.25) is 0 Å². The van der Waals surface area contributed by atoms with Gasteiger partial charge in [0.15, 0.2) is 0 Å². The summed E-state index contributed by atoms with van der Waals surface area (Å²) in [6, 6.07) is 12.3. The van der Waals surface area contributed by atoms with E-state index in [1.807, 2.05) is 0 Å². The van der Waals surface area contributed by atoms with E-state index in [4.69, 9.17) is 0 Å². The van der Waals surface area contributed by atoms with E-state index in [-0.39, 0.29) is 11.4 Å². The van der Waals surface area contributed by atoms with Crippen molar-refractivity contribution in [3.63, 3.8) is 0 Å². The van der Waals surface area contributed by atoms with Crippen molar-refractivity contribution in [3.05, 3.63) is 64.2 Å². The van der Waals surface area contributed by atoms with Gasteiger partial charge < -0.3 is 10.1 Å². The smallest absolute Gasteiger partial charge is 0.387 e. The van der Waals surface area contributed by atoms with Crippen molar-refractivity contribution in [1.29, 1.82) is 0 Å².